The number of nitrogens with one attached hydrogen (secondary N) is 1. The Morgan fingerprint density at radius 3 is 3.17 bits per heavy atom. The number of amides is 1. The van der Waals surface area contributed by atoms with Crippen molar-refractivity contribution in [3.63, 3.8) is 0 Å². The standard InChI is InChI=1S/C16H19N7O/c17-7-12-9-23(21-19-12)13-4-2-6-22(10-13)16(24)14-5-1-3-11-8-18-20-15(11)14/h1,3,5,8-9,13H,2,4,6-7,10,17H2,(H,18,20)/t13-/m0/s1. The second-order valence-electron chi connectivity index (χ2n) is 6.08. The molecule has 1 aliphatic rings. The van der Waals surface area contributed by atoms with E-state index in [1.807, 2.05) is 34.0 Å². The Morgan fingerprint density at radius 1 is 1.42 bits per heavy atom. The van der Waals surface area contributed by atoms with Gasteiger partial charge in [0.1, 0.15) is 0 Å². The van der Waals surface area contributed by atoms with Crippen molar-refractivity contribution in [2.24, 2.45) is 5.73 Å². The van der Waals surface area contributed by atoms with Crippen molar-refractivity contribution in [2.75, 3.05) is 13.1 Å². The molecule has 8 heteroatoms. The third-order valence-corrected chi connectivity index (χ3v) is 4.53. The van der Waals surface area contributed by atoms with E-state index in [1.54, 1.807) is 6.20 Å². The first-order valence-corrected chi connectivity index (χ1v) is 8.08. The van der Waals surface area contributed by atoms with Gasteiger partial charge in [0.05, 0.1) is 35.2 Å². The van der Waals surface area contributed by atoms with E-state index < -0.39 is 0 Å². The van der Waals surface area contributed by atoms with Gasteiger partial charge >= 0.3 is 0 Å². The topological polar surface area (TPSA) is 106 Å². The lowest BCUT2D eigenvalue weighted by molar-refractivity contribution is 0.0673. The lowest BCUT2D eigenvalue weighted by atomic mass is 10.0. The number of piperidine rings is 1. The van der Waals surface area contributed by atoms with E-state index in [-0.39, 0.29) is 11.9 Å². The fraction of sp³-hybridized carbons (Fsp3) is 0.375. The highest BCUT2D eigenvalue weighted by Crippen LogP contribution is 2.24. The molecule has 1 amide bonds. The lowest BCUT2D eigenvalue weighted by Crippen LogP contribution is -2.41. The molecule has 1 fully saturated rings. The second-order valence-corrected chi connectivity index (χ2v) is 6.08. The number of carbonyl (C=O) groups is 1. The quantitative estimate of drug-likeness (QED) is 0.750. The van der Waals surface area contributed by atoms with Gasteiger partial charge in [-0.1, -0.05) is 17.3 Å². The van der Waals surface area contributed by atoms with Gasteiger partial charge in [-0.3, -0.25) is 9.89 Å². The van der Waals surface area contributed by atoms with Crippen molar-refractivity contribution < 1.29 is 4.79 Å². The number of carbonyl (C=O) groups excluding carboxylic acids is 1. The molecule has 24 heavy (non-hydrogen) atoms. The van der Waals surface area contributed by atoms with Crippen LogP contribution >= 0.6 is 0 Å². The van der Waals surface area contributed by atoms with Gasteiger partial charge in [-0.15, -0.1) is 5.10 Å². The predicted molar refractivity (Wildman–Crippen MR) is 88.2 cm³/mol. The molecule has 3 N–H and O–H groups in total. The highest BCUT2D eigenvalue weighted by Gasteiger charge is 2.27. The zero-order chi connectivity index (χ0) is 16.5. The second kappa shape index (κ2) is 6.04. The average molecular weight is 325 g/mol. The maximum Gasteiger partial charge on any atom is 0.256 e. The normalized spacial score (nSPS) is 18.2. The summed E-state index contributed by atoms with van der Waals surface area (Å²) in [5.41, 5.74) is 7.81. The van der Waals surface area contributed by atoms with Crippen molar-refractivity contribution >= 4 is 16.8 Å². The Morgan fingerprint density at radius 2 is 2.33 bits per heavy atom. The summed E-state index contributed by atoms with van der Waals surface area (Å²) < 4.78 is 1.83. The number of aromatic amines is 1. The number of likely N-dealkylation sites (tertiary alicyclic amines) is 1. The molecule has 2 aromatic heterocycles. The number of H-pyrrole nitrogens is 1. The van der Waals surface area contributed by atoms with E-state index >= 15 is 0 Å². The average Bonchev–Trinajstić information content (AvgIpc) is 3.30. The molecule has 8 nitrogen and oxygen atoms in total. The molecule has 124 valence electrons. The number of benzene rings is 1. The summed E-state index contributed by atoms with van der Waals surface area (Å²) in [5.74, 6) is 0.0220. The van der Waals surface area contributed by atoms with Crippen LogP contribution in [-0.2, 0) is 6.54 Å². The van der Waals surface area contributed by atoms with E-state index in [0.29, 0.717) is 18.7 Å². The molecule has 1 aromatic carbocycles. The van der Waals surface area contributed by atoms with Crippen LogP contribution in [0.2, 0.25) is 0 Å². The number of rotatable bonds is 3. The third kappa shape index (κ3) is 2.54. The van der Waals surface area contributed by atoms with Crippen LogP contribution in [0.25, 0.3) is 10.9 Å². The van der Waals surface area contributed by atoms with Crippen molar-refractivity contribution in [1.29, 1.82) is 0 Å². The van der Waals surface area contributed by atoms with E-state index in [1.165, 1.54) is 0 Å². The maximum absolute atomic E-state index is 13.0. The first-order chi connectivity index (χ1) is 11.8. The summed E-state index contributed by atoms with van der Waals surface area (Å²) in [6.07, 6.45) is 5.52. The van der Waals surface area contributed by atoms with Crippen molar-refractivity contribution in [1.82, 2.24) is 30.1 Å². The SMILES string of the molecule is NCc1cn([C@H]2CCCN(C(=O)c3cccc4cn[nH]c34)C2)nn1. The van der Waals surface area contributed by atoms with Crippen LogP contribution in [0.1, 0.15) is 34.9 Å². The lowest BCUT2D eigenvalue weighted by Gasteiger charge is -2.32. The van der Waals surface area contributed by atoms with Gasteiger partial charge in [-0.25, -0.2) is 4.68 Å². The first kappa shape index (κ1) is 14.8. The van der Waals surface area contributed by atoms with Gasteiger partial charge in [-0.2, -0.15) is 5.10 Å². The zero-order valence-corrected chi connectivity index (χ0v) is 13.2. The number of nitrogens with two attached hydrogens (primary N) is 1. The Bertz CT molecular complexity index is 868. The molecule has 3 heterocycles. The fourth-order valence-corrected chi connectivity index (χ4v) is 3.26. The minimum absolute atomic E-state index is 0.0220. The molecule has 1 atom stereocenters. The molecule has 1 saturated heterocycles. The van der Waals surface area contributed by atoms with Gasteiger partial charge in [0.2, 0.25) is 0 Å². The summed E-state index contributed by atoms with van der Waals surface area (Å²) >= 11 is 0. The molecular formula is C16H19N7O. The van der Waals surface area contributed by atoms with E-state index in [9.17, 15) is 4.79 Å². The number of hydrogen-bond donors (Lipinski definition) is 2. The summed E-state index contributed by atoms with van der Waals surface area (Å²) in [7, 11) is 0. The van der Waals surface area contributed by atoms with Crippen LogP contribution in [-0.4, -0.2) is 49.1 Å². The first-order valence-electron chi connectivity index (χ1n) is 8.08. The van der Waals surface area contributed by atoms with Crippen molar-refractivity contribution in [3.05, 3.63) is 41.9 Å². The van der Waals surface area contributed by atoms with E-state index in [2.05, 4.69) is 20.5 Å². The molecule has 0 aliphatic carbocycles. The van der Waals surface area contributed by atoms with E-state index in [0.717, 1.165) is 36.0 Å². The monoisotopic (exact) mass is 325 g/mol. The molecule has 0 unspecified atom stereocenters. The molecule has 1 aliphatic heterocycles. The van der Waals surface area contributed by atoms with Crippen molar-refractivity contribution in [2.45, 2.75) is 25.4 Å². The molecule has 0 spiro atoms. The van der Waals surface area contributed by atoms with Gasteiger partial charge in [0, 0.05) is 25.0 Å². The summed E-state index contributed by atoms with van der Waals surface area (Å²) in [6.45, 7) is 1.74. The summed E-state index contributed by atoms with van der Waals surface area (Å²) in [4.78, 5) is 14.8. The van der Waals surface area contributed by atoms with Crippen LogP contribution in [0.15, 0.2) is 30.6 Å². The summed E-state index contributed by atoms with van der Waals surface area (Å²) in [5, 5.41) is 16.1. The van der Waals surface area contributed by atoms with Crippen LogP contribution in [0.5, 0.6) is 0 Å². The molecule has 0 bridgehead atoms. The third-order valence-electron chi connectivity index (χ3n) is 4.53. The number of aromatic nitrogens is 5. The predicted octanol–water partition coefficient (Wildman–Crippen LogP) is 1.09. The number of nitrogens with zero attached hydrogens (tertiary/aromatic N) is 5. The highest BCUT2D eigenvalue weighted by atomic mass is 16.2. The molecular weight excluding hydrogens is 306 g/mol. The highest BCUT2D eigenvalue weighted by molar-refractivity contribution is 6.05. The molecule has 0 radical (unpaired) electrons. The zero-order valence-electron chi connectivity index (χ0n) is 13.2. The van der Waals surface area contributed by atoms with Crippen LogP contribution in [0.3, 0.4) is 0 Å². The summed E-state index contributed by atoms with van der Waals surface area (Å²) in [6, 6.07) is 5.81. The maximum atomic E-state index is 13.0. The largest absolute Gasteiger partial charge is 0.336 e. The van der Waals surface area contributed by atoms with Crippen LogP contribution in [0, 0.1) is 0 Å². The minimum atomic E-state index is 0.0220. The van der Waals surface area contributed by atoms with Gasteiger partial charge in [0.15, 0.2) is 0 Å². The van der Waals surface area contributed by atoms with Gasteiger partial charge < -0.3 is 10.6 Å². The smallest absolute Gasteiger partial charge is 0.256 e. The van der Waals surface area contributed by atoms with Crippen molar-refractivity contribution in [3.8, 4) is 0 Å². The van der Waals surface area contributed by atoms with Crippen LogP contribution < -0.4 is 5.73 Å². The fourth-order valence-electron chi connectivity index (χ4n) is 3.26. The molecule has 3 aromatic rings. The minimum Gasteiger partial charge on any atom is -0.336 e. The Hall–Kier alpha value is -2.74. The Kier molecular flexibility index (Phi) is 3.73. The van der Waals surface area contributed by atoms with E-state index in [4.69, 9.17) is 5.73 Å². The number of para-hydroxylation sites is 1. The number of fused-ring (bicyclic) bond motifs is 1. The molecule has 0 saturated carbocycles. The number of hydrogen-bond acceptors (Lipinski definition) is 5. The van der Waals surface area contributed by atoms with Gasteiger partial charge in [0.25, 0.3) is 5.91 Å². The molecule has 4 rings (SSSR count). The Balaban J connectivity index is 1.57. The van der Waals surface area contributed by atoms with Crippen LogP contribution in [0.4, 0.5) is 0 Å². The Labute approximate surface area is 138 Å². The van der Waals surface area contributed by atoms with Gasteiger partial charge in [-0.05, 0) is 18.9 Å².